The standard InChI is InChI=1S/C12H24N2O2.C2H6/c1-5-6-9(2)13-12(16)14-10(3)7-8-11(4)15;1-2/h9-10H,5-8H2,1-4H3,(H2,13,14,16);1-2H3. The zero-order valence-corrected chi connectivity index (χ0v) is 12.8. The Balaban J connectivity index is 0. The van der Waals surface area contributed by atoms with Gasteiger partial charge in [0.25, 0.3) is 0 Å². The van der Waals surface area contributed by atoms with Crippen molar-refractivity contribution in [2.45, 2.75) is 79.3 Å². The Kier molecular flexibility index (Phi) is 13.3. The highest BCUT2D eigenvalue weighted by Crippen LogP contribution is 1.98. The van der Waals surface area contributed by atoms with Crippen molar-refractivity contribution in [3.05, 3.63) is 0 Å². The van der Waals surface area contributed by atoms with Crippen LogP contribution in [0.1, 0.15) is 67.2 Å². The molecule has 0 aliphatic heterocycles. The maximum atomic E-state index is 11.5. The zero-order valence-electron chi connectivity index (χ0n) is 12.8. The molecule has 0 aromatic heterocycles. The maximum absolute atomic E-state index is 11.5. The second kappa shape index (κ2) is 12.4. The van der Waals surface area contributed by atoms with Gasteiger partial charge in [-0.1, -0.05) is 27.2 Å². The SMILES string of the molecule is CC.CCCC(C)NC(=O)NC(C)CCC(C)=O. The van der Waals surface area contributed by atoms with Crippen molar-refractivity contribution < 1.29 is 9.59 Å². The lowest BCUT2D eigenvalue weighted by atomic mass is 10.1. The molecule has 0 aliphatic rings. The Hall–Kier alpha value is -1.06. The number of carbonyl (C=O) groups is 2. The highest BCUT2D eigenvalue weighted by molar-refractivity contribution is 5.76. The van der Waals surface area contributed by atoms with Crippen molar-refractivity contribution in [3.8, 4) is 0 Å². The van der Waals surface area contributed by atoms with E-state index in [9.17, 15) is 9.59 Å². The first-order valence-electron chi connectivity index (χ1n) is 7.02. The fourth-order valence-corrected chi connectivity index (χ4v) is 1.49. The van der Waals surface area contributed by atoms with E-state index >= 15 is 0 Å². The van der Waals surface area contributed by atoms with Crippen molar-refractivity contribution in [1.82, 2.24) is 10.6 Å². The lowest BCUT2D eigenvalue weighted by Crippen LogP contribution is -2.44. The van der Waals surface area contributed by atoms with E-state index < -0.39 is 0 Å². The Labute approximate surface area is 112 Å². The zero-order chi connectivity index (χ0) is 14.6. The molecule has 0 aromatic carbocycles. The number of hydrogen-bond acceptors (Lipinski definition) is 2. The van der Waals surface area contributed by atoms with Gasteiger partial charge in [0.15, 0.2) is 0 Å². The van der Waals surface area contributed by atoms with E-state index in [1.807, 2.05) is 27.7 Å². The molecule has 108 valence electrons. The second-order valence-electron chi connectivity index (χ2n) is 4.45. The Morgan fingerprint density at radius 3 is 1.83 bits per heavy atom. The number of hydrogen-bond donors (Lipinski definition) is 2. The normalized spacial score (nSPS) is 12.8. The van der Waals surface area contributed by atoms with Gasteiger partial charge in [0.05, 0.1) is 0 Å². The van der Waals surface area contributed by atoms with Gasteiger partial charge in [-0.3, -0.25) is 0 Å². The number of Topliss-reactive ketones (excluding diaryl/α,β-unsaturated/α-hetero) is 1. The minimum atomic E-state index is -0.142. The molecule has 0 fully saturated rings. The molecule has 0 saturated heterocycles. The largest absolute Gasteiger partial charge is 0.336 e. The highest BCUT2D eigenvalue weighted by Gasteiger charge is 2.09. The molecule has 2 unspecified atom stereocenters. The summed E-state index contributed by atoms with van der Waals surface area (Å²) in [6.07, 6.45) is 3.26. The number of ketones is 1. The Morgan fingerprint density at radius 2 is 1.44 bits per heavy atom. The molecule has 0 rings (SSSR count). The Morgan fingerprint density at radius 1 is 1.00 bits per heavy atom. The molecule has 0 radical (unpaired) electrons. The summed E-state index contributed by atoms with van der Waals surface area (Å²) in [6, 6.07) is 0.0970. The van der Waals surface area contributed by atoms with Crippen LogP contribution in [0.3, 0.4) is 0 Å². The fraction of sp³-hybridized carbons (Fsp3) is 0.857. The van der Waals surface area contributed by atoms with Crippen LogP contribution in [-0.4, -0.2) is 23.9 Å². The molecule has 0 saturated carbocycles. The molecule has 0 bridgehead atoms. The molecular weight excluding hydrogens is 228 g/mol. The van der Waals surface area contributed by atoms with Gasteiger partial charge >= 0.3 is 6.03 Å². The smallest absolute Gasteiger partial charge is 0.315 e. The van der Waals surface area contributed by atoms with Crippen LogP contribution in [0.25, 0.3) is 0 Å². The van der Waals surface area contributed by atoms with Crippen LogP contribution < -0.4 is 10.6 Å². The first kappa shape index (κ1) is 19.3. The van der Waals surface area contributed by atoms with Crippen molar-refractivity contribution in [1.29, 1.82) is 0 Å². The molecule has 4 heteroatoms. The van der Waals surface area contributed by atoms with Crippen molar-refractivity contribution in [3.63, 3.8) is 0 Å². The van der Waals surface area contributed by atoms with Crippen molar-refractivity contribution in [2.75, 3.05) is 0 Å². The number of nitrogens with one attached hydrogen (secondary N) is 2. The predicted molar refractivity (Wildman–Crippen MR) is 76.8 cm³/mol. The van der Waals surface area contributed by atoms with Gasteiger partial charge in [-0.05, 0) is 33.6 Å². The molecule has 2 atom stereocenters. The summed E-state index contributed by atoms with van der Waals surface area (Å²) in [6.45, 7) is 11.6. The highest BCUT2D eigenvalue weighted by atomic mass is 16.2. The minimum Gasteiger partial charge on any atom is -0.336 e. The molecule has 2 N–H and O–H groups in total. The van der Waals surface area contributed by atoms with Crippen LogP contribution in [-0.2, 0) is 4.79 Å². The topological polar surface area (TPSA) is 58.2 Å². The maximum Gasteiger partial charge on any atom is 0.315 e. The number of amides is 2. The summed E-state index contributed by atoms with van der Waals surface area (Å²) in [7, 11) is 0. The number of carbonyl (C=O) groups excluding carboxylic acids is 2. The summed E-state index contributed by atoms with van der Waals surface area (Å²) in [4.78, 5) is 22.2. The second-order valence-corrected chi connectivity index (χ2v) is 4.45. The monoisotopic (exact) mass is 258 g/mol. The van der Waals surface area contributed by atoms with Gasteiger partial charge in [-0.25, -0.2) is 4.79 Å². The average Bonchev–Trinajstić information content (AvgIpc) is 2.29. The van der Waals surface area contributed by atoms with Gasteiger partial charge in [0, 0.05) is 18.5 Å². The lowest BCUT2D eigenvalue weighted by molar-refractivity contribution is -0.117. The van der Waals surface area contributed by atoms with Crippen LogP contribution in [0.2, 0.25) is 0 Å². The summed E-state index contributed by atoms with van der Waals surface area (Å²) in [5.74, 6) is 0.161. The molecule has 0 spiro atoms. The van der Waals surface area contributed by atoms with Gasteiger partial charge in [-0.2, -0.15) is 0 Å². The van der Waals surface area contributed by atoms with E-state index in [4.69, 9.17) is 0 Å². The van der Waals surface area contributed by atoms with E-state index in [0.717, 1.165) is 12.8 Å². The average molecular weight is 258 g/mol. The van der Waals surface area contributed by atoms with E-state index in [2.05, 4.69) is 17.6 Å². The molecule has 0 heterocycles. The fourth-order valence-electron chi connectivity index (χ4n) is 1.49. The van der Waals surface area contributed by atoms with E-state index in [1.54, 1.807) is 6.92 Å². The van der Waals surface area contributed by atoms with Gasteiger partial charge in [0.2, 0.25) is 0 Å². The van der Waals surface area contributed by atoms with Crippen LogP contribution in [0.15, 0.2) is 0 Å². The van der Waals surface area contributed by atoms with Gasteiger partial charge in [0.1, 0.15) is 5.78 Å². The van der Waals surface area contributed by atoms with Crippen molar-refractivity contribution >= 4 is 11.8 Å². The lowest BCUT2D eigenvalue weighted by Gasteiger charge is -2.17. The molecule has 0 aliphatic carbocycles. The summed E-state index contributed by atoms with van der Waals surface area (Å²) in [5, 5.41) is 5.69. The van der Waals surface area contributed by atoms with Crippen LogP contribution in [0, 0.1) is 0 Å². The van der Waals surface area contributed by atoms with E-state index in [0.29, 0.717) is 12.8 Å². The van der Waals surface area contributed by atoms with Gasteiger partial charge < -0.3 is 15.4 Å². The number of urea groups is 1. The van der Waals surface area contributed by atoms with E-state index in [1.165, 1.54) is 0 Å². The molecule has 18 heavy (non-hydrogen) atoms. The third-order valence-electron chi connectivity index (χ3n) is 2.41. The third-order valence-corrected chi connectivity index (χ3v) is 2.41. The molecule has 0 aromatic rings. The minimum absolute atomic E-state index is 0.0396. The van der Waals surface area contributed by atoms with Crippen LogP contribution in [0.5, 0.6) is 0 Å². The van der Waals surface area contributed by atoms with E-state index in [-0.39, 0.29) is 23.9 Å². The Bertz CT molecular complexity index is 230. The van der Waals surface area contributed by atoms with Crippen molar-refractivity contribution in [2.24, 2.45) is 0 Å². The molecular formula is C14H30N2O2. The summed E-state index contributed by atoms with van der Waals surface area (Å²) >= 11 is 0. The summed E-state index contributed by atoms with van der Waals surface area (Å²) < 4.78 is 0. The van der Waals surface area contributed by atoms with Crippen LogP contribution >= 0.6 is 0 Å². The quantitative estimate of drug-likeness (QED) is 0.736. The summed E-state index contributed by atoms with van der Waals surface area (Å²) in [5.41, 5.74) is 0. The predicted octanol–water partition coefficient (Wildman–Crippen LogP) is 3.26. The van der Waals surface area contributed by atoms with Gasteiger partial charge in [-0.15, -0.1) is 0 Å². The first-order chi connectivity index (χ1) is 8.45. The first-order valence-corrected chi connectivity index (χ1v) is 7.02. The molecule has 4 nitrogen and oxygen atoms in total. The third kappa shape index (κ3) is 13.0. The van der Waals surface area contributed by atoms with Crippen LogP contribution in [0.4, 0.5) is 4.79 Å². The molecule has 2 amide bonds. The number of rotatable bonds is 7.